The van der Waals surface area contributed by atoms with Gasteiger partial charge in [0.05, 0.1) is 10.4 Å². The Morgan fingerprint density at radius 2 is 2.26 bits per heavy atom. The van der Waals surface area contributed by atoms with Crippen molar-refractivity contribution in [3.8, 4) is 0 Å². The van der Waals surface area contributed by atoms with E-state index in [1.54, 1.807) is 11.3 Å². The van der Waals surface area contributed by atoms with Crippen LogP contribution in [-0.2, 0) is 12.8 Å². The second-order valence-electron chi connectivity index (χ2n) is 5.86. The average Bonchev–Trinajstić information content (AvgIpc) is 3.07. The van der Waals surface area contributed by atoms with E-state index in [2.05, 4.69) is 9.97 Å². The molecule has 0 amide bonds. The number of nitrogens with one attached hydrogen (secondary N) is 1. The quantitative estimate of drug-likeness (QED) is 0.744. The van der Waals surface area contributed by atoms with E-state index >= 15 is 0 Å². The van der Waals surface area contributed by atoms with Crippen LogP contribution in [0.25, 0.3) is 21.3 Å². The maximum Gasteiger partial charge on any atom is 0.260 e. The molecule has 0 saturated heterocycles. The van der Waals surface area contributed by atoms with Crippen molar-refractivity contribution in [2.24, 2.45) is 0 Å². The summed E-state index contributed by atoms with van der Waals surface area (Å²) in [7, 11) is 0. The molecule has 1 aliphatic carbocycles. The normalized spacial score (nSPS) is 14.4. The third-order valence-corrected chi connectivity index (χ3v) is 5.61. The van der Waals surface area contributed by atoms with Crippen molar-refractivity contribution in [2.75, 3.05) is 0 Å². The molecule has 0 bridgehead atoms. The molecule has 1 aromatic carbocycles. The SMILES string of the molecule is Cc1cccc(/C=C(\Cl)c2nc3sc4c(c3c(=O)[nH]2)CCC4)c1. The number of aromatic nitrogens is 2. The summed E-state index contributed by atoms with van der Waals surface area (Å²) >= 11 is 8.02. The third kappa shape index (κ3) is 2.62. The number of thiophene rings is 1. The summed E-state index contributed by atoms with van der Waals surface area (Å²) in [5, 5.41) is 1.20. The van der Waals surface area contributed by atoms with Gasteiger partial charge >= 0.3 is 0 Å². The van der Waals surface area contributed by atoms with Crippen LogP contribution in [-0.4, -0.2) is 9.97 Å². The van der Waals surface area contributed by atoms with Crippen molar-refractivity contribution < 1.29 is 0 Å². The third-order valence-electron chi connectivity index (χ3n) is 4.14. The minimum Gasteiger partial charge on any atom is -0.305 e. The molecule has 0 atom stereocenters. The van der Waals surface area contributed by atoms with Gasteiger partial charge in [0.25, 0.3) is 5.56 Å². The van der Waals surface area contributed by atoms with E-state index in [4.69, 9.17) is 11.6 Å². The first kappa shape index (κ1) is 14.7. The highest BCUT2D eigenvalue weighted by molar-refractivity contribution is 7.18. The molecule has 4 rings (SSSR count). The van der Waals surface area contributed by atoms with E-state index < -0.39 is 0 Å². The number of rotatable bonds is 2. The van der Waals surface area contributed by atoms with E-state index in [9.17, 15) is 4.79 Å². The fourth-order valence-corrected chi connectivity index (χ4v) is 4.57. The number of aromatic amines is 1. The van der Waals surface area contributed by atoms with Gasteiger partial charge in [0.2, 0.25) is 0 Å². The molecular formula is C18H15ClN2OS. The molecule has 1 aliphatic rings. The molecule has 0 saturated carbocycles. The van der Waals surface area contributed by atoms with Gasteiger partial charge in [-0.05, 0) is 43.4 Å². The Hall–Kier alpha value is -1.91. The topological polar surface area (TPSA) is 45.8 Å². The van der Waals surface area contributed by atoms with E-state index in [-0.39, 0.29) is 5.56 Å². The Morgan fingerprint density at radius 3 is 3.09 bits per heavy atom. The van der Waals surface area contributed by atoms with Crippen molar-refractivity contribution in [1.82, 2.24) is 9.97 Å². The number of hydrogen-bond donors (Lipinski definition) is 1. The van der Waals surface area contributed by atoms with Crippen LogP contribution in [0.5, 0.6) is 0 Å². The highest BCUT2D eigenvalue weighted by atomic mass is 35.5. The molecule has 0 aliphatic heterocycles. The molecule has 1 N–H and O–H groups in total. The maximum absolute atomic E-state index is 12.5. The molecule has 2 heterocycles. The Labute approximate surface area is 142 Å². The van der Waals surface area contributed by atoms with Crippen molar-refractivity contribution >= 4 is 44.3 Å². The van der Waals surface area contributed by atoms with Crippen LogP contribution in [0.1, 0.15) is 33.8 Å². The molecule has 116 valence electrons. The minimum atomic E-state index is -0.0832. The lowest BCUT2D eigenvalue weighted by Crippen LogP contribution is -2.10. The first-order valence-electron chi connectivity index (χ1n) is 7.60. The molecule has 3 nitrogen and oxygen atoms in total. The van der Waals surface area contributed by atoms with Crippen molar-refractivity contribution in [3.63, 3.8) is 0 Å². The van der Waals surface area contributed by atoms with E-state index in [0.717, 1.165) is 40.6 Å². The average molecular weight is 343 g/mol. The molecule has 0 spiro atoms. The monoisotopic (exact) mass is 342 g/mol. The number of H-pyrrole nitrogens is 1. The number of benzene rings is 1. The van der Waals surface area contributed by atoms with Gasteiger partial charge in [0, 0.05) is 4.88 Å². The van der Waals surface area contributed by atoms with Gasteiger partial charge in [-0.3, -0.25) is 4.79 Å². The first-order chi connectivity index (χ1) is 11.1. The fraction of sp³-hybridized carbons (Fsp3) is 0.222. The lowest BCUT2D eigenvalue weighted by Gasteiger charge is -2.01. The standard InChI is InChI=1S/C18H15ClN2OS/c1-10-4-2-5-11(8-10)9-13(19)16-20-17(22)15-12-6-3-7-14(12)23-18(15)21-16/h2,4-5,8-9H,3,6-7H2,1H3,(H,20,21,22)/b13-9-. The highest BCUT2D eigenvalue weighted by Crippen LogP contribution is 2.35. The summed E-state index contributed by atoms with van der Waals surface area (Å²) < 4.78 is 0. The van der Waals surface area contributed by atoms with Crippen LogP contribution in [0.15, 0.2) is 29.1 Å². The van der Waals surface area contributed by atoms with Crippen molar-refractivity contribution in [1.29, 1.82) is 0 Å². The molecule has 23 heavy (non-hydrogen) atoms. The maximum atomic E-state index is 12.5. The molecule has 5 heteroatoms. The summed E-state index contributed by atoms with van der Waals surface area (Å²) in [6, 6.07) is 8.03. The van der Waals surface area contributed by atoms with Crippen molar-refractivity contribution in [2.45, 2.75) is 26.2 Å². The van der Waals surface area contributed by atoms with Gasteiger partial charge in [0.15, 0.2) is 5.82 Å². The molecule has 2 aromatic heterocycles. The van der Waals surface area contributed by atoms with Crippen LogP contribution >= 0.6 is 22.9 Å². The molecule has 0 radical (unpaired) electrons. The lowest BCUT2D eigenvalue weighted by atomic mass is 10.1. The Balaban J connectivity index is 1.81. The van der Waals surface area contributed by atoms with Gasteiger partial charge in [0.1, 0.15) is 4.83 Å². The summed E-state index contributed by atoms with van der Waals surface area (Å²) in [5.74, 6) is 0.436. The zero-order chi connectivity index (χ0) is 16.0. The van der Waals surface area contributed by atoms with Crippen LogP contribution in [0, 0.1) is 6.92 Å². The van der Waals surface area contributed by atoms with Gasteiger partial charge in [-0.15, -0.1) is 11.3 Å². The molecule has 0 fully saturated rings. The van der Waals surface area contributed by atoms with Gasteiger partial charge in [-0.1, -0.05) is 41.4 Å². The van der Waals surface area contributed by atoms with Gasteiger partial charge in [-0.2, -0.15) is 0 Å². The van der Waals surface area contributed by atoms with Crippen LogP contribution < -0.4 is 5.56 Å². The number of hydrogen-bond acceptors (Lipinski definition) is 3. The number of halogens is 1. The molecular weight excluding hydrogens is 328 g/mol. The fourth-order valence-electron chi connectivity index (χ4n) is 3.09. The van der Waals surface area contributed by atoms with Gasteiger partial charge < -0.3 is 4.98 Å². The second kappa shape index (κ2) is 5.62. The largest absolute Gasteiger partial charge is 0.305 e. The summed E-state index contributed by atoms with van der Waals surface area (Å²) in [6.07, 6.45) is 5.00. The predicted octanol–water partition coefficient (Wildman–Crippen LogP) is 4.52. The predicted molar refractivity (Wildman–Crippen MR) is 97.2 cm³/mol. The van der Waals surface area contributed by atoms with Crippen LogP contribution in [0.3, 0.4) is 0 Å². The zero-order valence-corrected chi connectivity index (χ0v) is 14.2. The number of aryl methyl sites for hydroxylation is 3. The second-order valence-corrected chi connectivity index (χ2v) is 7.35. The smallest absolute Gasteiger partial charge is 0.260 e. The van der Waals surface area contributed by atoms with Crippen LogP contribution in [0.4, 0.5) is 0 Å². The summed E-state index contributed by atoms with van der Waals surface area (Å²) in [6.45, 7) is 2.03. The number of nitrogens with zero attached hydrogens (tertiary/aromatic N) is 1. The molecule has 3 aromatic rings. The summed E-state index contributed by atoms with van der Waals surface area (Å²) in [4.78, 5) is 22.0. The van der Waals surface area contributed by atoms with E-state index in [0.29, 0.717) is 10.9 Å². The number of fused-ring (bicyclic) bond motifs is 3. The Kier molecular flexibility index (Phi) is 3.58. The lowest BCUT2D eigenvalue weighted by molar-refractivity contribution is 0.916. The van der Waals surface area contributed by atoms with Crippen molar-refractivity contribution in [3.05, 3.63) is 62.0 Å². The van der Waals surface area contributed by atoms with E-state index in [1.807, 2.05) is 37.3 Å². The minimum absolute atomic E-state index is 0.0832. The van der Waals surface area contributed by atoms with E-state index in [1.165, 1.54) is 10.4 Å². The Morgan fingerprint density at radius 1 is 1.39 bits per heavy atom. The zero-order valence-electron chi connectivity index (χ0n) is 12.6. The highest BCUT2D eigenvalue weighted by Gasteiger charge is 2.21. The Bertz CT molecular complexity index is 1000. The van der Waals surface area contributed by atoms with Crippen LogP contribution in [0.2, 0.25) is 0 Å². The molecule has 0 unspecified atom stereocenters. The summed E-state index contributed by atoms with van der Waals surface area (Å²) in [5.41, 5.74) is 3.26. The first-order valence-corrected chi connectivity index (χ1v) is 8.80. The van der Waals surface area contributed by atoms with Gasteiger partial charge in [-0.25, -0.2) is 4.98 Å².